The monoisotopic (exact) mass is 200 g/mol. The first kappa shape index (κ1) is 9.45. The summed E-state index contributed by atoms with van der Waals surface area (Å²) in [5.74, 6) is 1.02. The number of hydrogen-bond donors (Lipinski definition) is 2. The number of rotatable bonds is 2. The normalized spacial score (nSPS) is 9.93. The van der Waals surface area contributed by atoms with E-state index in [1.165, 1.54) is 0 Å². The van der Waals surface area contributed by atoms with Crippen LogP contribution in [0.2, 0.25) is 0 Å². The Kier molecular flexibility index (Phi) is 2.49. The molecule has 15 heavy (non-hydrogen) atoms. The Morgan fingerprint density at radius 1 is 1.20 bits per heavy atom. The van der Waals surface area contributed by atoms with Gasteiger partial charge in [-0.15, -0.1) is 0 Å². The summed E-state index contributed by atoms with van der Waals surface area (Å²) in [6, 6.07) is 9.73. The van der Waals surface area contributed by atoms with Gasteiger partial charge in [0.1, 0.15) is 5.82 Å². The number of nitrogen functional groups attached to an aromatic ring is 1. The largest absolute Gasteiger partial charge is 0.383 e. The molecular weight excluding hydrogens is 188 g/mol. The van der Waals surface area contributed by atoms with E-state index in [-0.39, 0.29) is 0 Å². The predicted octanol–water partition coefficient (Wildman–Crippen LogP) is 2.11. The van der Waals surface area contributed by atoms with Crippen LogP contribution in [0.25, 0.3) is 0 Å². The molecule has 0 aliphatic rings. The Balaban J connectivity index is 2.22. The number of anilines is 3. The summed E-state index contributed by atoms with van der Waals surface area (Å²) in [6.45, 7) is 1.88. The van der Waals surface area contributed by atoms with Crippen molar-refractivity contribution in [1.29, 1.82) is 0 Å². The molecule has 2 rings (SSSR count). The van der Waals surface area contributed by atoms with Crippen molar-refractivity contribution >= 4 is 17.5 Å². The van der Waals surface area contributed by atoms with Crippen LogP contribution in [-0.2, 0) is 0 Å². The molecule has 0 saturated carbocycles. The lowest BCUT2D eigenvalue weighted by atomic mass is 10.3. The molecule has 4 nitrogen and oxygen atoms in total. The topological polar surface area (TPSA) is 63.8 Å². The van der Waals surface area contributed by atoms with Gasteiger partial charge in [0.15, 0.2) is 0 Å². The van der Waals surface area contributed by atoms with Gasteiger partial charge in [-0.05, 0) is 19.1 Å². The fraction of sp³-hybridized carbons (Fsp3) is 0.0909. The molecule has 0 atom stereocenters. The molecule has 2 aromatic rings. The molecular formula is C11H12N4. The highest BCUT2D eigenvalue weighted by atomic mass is 15.1. The Morgan fingerprint density at radius 2 is 1.93 bits per heavy atom. The van der Waals surface area contributed by atoms with E-state index in [0.29, 0.717) is 11.8 Å². The van der Waals surface area contributed by atoms with Gasteiger partial charge in [-0.3, -0.25) is 0 Å². The zero-order valence-electron chi connectivity index (χ0n) is 8.44. The summed E-state index contributed by atoms with van der Waals surface area (Å²) in [5.41, 5.74) is 7.51. The lowest BCUT2D eigenvalue weighted by Crippen LogP contribution is -2.01. The summed E-state index contributed by atoms with van der Waals surface area (Å²) in [4.78, 5) is 8.26. The van der Waals surface area contributed by atoms with Crippen molar-refractivity contribution in [2.45, 2.75) is 6.92 Å². The first-order valence-corrected chi connectivity index (χ1v) is 4.67. The van der Waals surface area contributed by atoms with E-state index in [9.17, 15) is 0 Å². The summed E-state index contributed by atoms with van der Waals surface area (Å²) < 4.78 is 0. The number of benzene rings is 1. The lowest BCUT2D eigenvalue weighted by molar-refractivity contribution is 1.14. The Bertz CT molecular complexity index is 453. The van der Waals surface area contributed by atoms with Crippen LogP contribution in [0, 0.1) is 6.92 Å². The fourth-order valence-corrected chi connectivity index (χ4v) is 1.17. The molecule has 0 aliphatic heterocycles. The van der Waals surface area contributed by atoms with Crippen LogP contribution in [0.3, 0.4) is 0 Å². The highest BCUT2D eigenvalue weighted by Gasteiger charge is 1.99. The van der Waals surface area contributed by atoms with Crippen molar-refractivity contribution in [3.05, 3.63) is 42.1 Å². The maximum atomic E-state index is 5.68. The number of aromatic nitrogens is 2. The molecule has 1 aromatic heterocycles. The first-order valence-electron chi connectivity index (χ1n) is 4.67. The second-order valence-electron chi connectivity index (χ2n) is 3.25. The lowest BCUT2D eigenvalue weighted by Gasteiger charge is -2.05. The number of para-hydroxylation sites is 1. The van der Waals surface area contributed by atoms with E-state index in [1.54, 1.807) is 6.20 Å². The zero-order valence-corrected chi connectivity index (χ0v) is 8.44. The zero-order chi connectivity index (χ0) is 10.7. The number of nitrogens with one attached hydrogen (secondary N) is 1. The second-order valence-corrected chi connectivity index (χ2v) is 3.25. The average Bonchev–Trinajstić information content (AvgIpc) is 2.25. The van der Waals surface area contributed by atoms with E-state index in [1.807, 2.05) is 37.3 Å². The van der Waals surface area contributed by atoms with E-state index < -0.39 is 0 Å². The average molecular weight is 200 g/mol. The van der Waals surface area contributed by atoms with Crippen molar-refractivity contribution < 1.29 is 0 Å². The maximum Gasteiger partial charge on any atom is 0.229 e. The van der Waals surface area contributed by atoms with Gasteiger partial charge in [0.2, 0.25) is 5.95 Å². The van der Waals surface area contributed by atoms with Crippen molar-refractivity contribution in [3.63, 3.8) is 0 Å². The summed E-state index contributed by atoms with van der Waals surface area (Å²) in [7, 11) is 0. The van der Waals surface area contributed by atoms with Crippen molar-refractivity contribution in [2.75, 3.05) is 11.1 Å². The quantitative estimate of drug-likeness (QED) is 0.779. The van der Waals surface area contributed by atoms with Crippen LogP contribution in [0.1, 0.15) is 5.56 Å². The second kappa shape index (κ2) is 3.96. The minimum atomic E-state index is 0.503. The van der Waals surface area contributed by atoms with E-state index in [2.05, 4.69) is 15.3 Å². The molecule has 4 heteroatoms. The van der Waals surface area contributed by atoms with E-state index >= 15 is 0 Å². The molecule has 0 fully saturated rings. The van der Waals surface area contributed by atoms with Crippen LogP contribution >= 0.6 is 0 Å². The van der Waals surface area contributed by atoms with Crippen LogP contribution in [-0.4, -0.2) is 9.97 Å². The van der Waals surface area contributed by atoms with Crippen LogP contribution in [0.4, 0.5) is 17.5 Å². The van der Waals surface area contributed by atoms with Gasteiger partial charge in [0.05, 0.1) is 0 Å². The molecule has 0 saturated heterocycles. The number of nitrogens with two attached hydrogens (primary N) is 1. The minimum absolute atomic E-state index is 0.503. The highest BCUT2D eigenvalue weighted by Crippen LogP contribution is 2.13. The molecule has 76 valence electrons. The van der Waals surface area contributed by atoms with Gasteiger partial charge in [-0.1, -0.05) is 18.2 Å². The Morgan fingerprint density at radius 3 is 2.60 bits per heavy atom. The smallest absolute Gasteiger partial charge is 0.229 e. The Hall–Kier alpha value is -2.10. The van der Waals surface area contributed by atoms with Crippen molar-refractivity contribution in [1.82, 2.24) is 9.97 Å². The van der Waals surface area contributed by atoms with Crippen LogP contribution in [0.5, 0.6) is 0 Å². The third-order valence-corrected chi connectivity index (χ3v) is 2.04. The van der Waals surface area contributed by atoms with Crippen molar-refractivity contribution in [3.8, 4) is 0 Å². The van der Waals surface area contributed by atoms with E-state index in [0.717, 1.165) is 11.3 Å². The summed E-state index contributed by atoms with van der Waals surface area (Å²) in [5, 5.41) is 3.07. The third-order valence-electron chi connectivity index (χ3n) is 2.04. The van der Waals surface area contributed by atoms with Gasteiger partial charge in [0, 0.05) is 17.4 Å². The molecule has 0 aliphatic carbocycles. The summed E-state index contributed by atoms with van der Waals surface area (Å²) in [6.07, 6.45) is 1.70. The van der Waals surface area contributed by atoms with Gasteiger partial charge < -0.3 is 11.1 Å². The number of aryl methyl sites for hydroxylation is 1. The SMILES string of the molecule is Cc1cnc(Nc2ccccc2)nc1N. The molecule has 0 bridgehead atoms. The van der Waals surface area contributed by atoms with Gasteiger partial charge in [0.25, 0.3) is 0 Å². The standard InChI is InChI=1S/C11H12N4/c1-8-7-13-11(15-10(8)12)14-9-5-3-2-4-6-9/h2-7H,1H3,(H3,12,13,14,15). The molecule has 0 spiro atoms. The number of nitrogens with zero attached hydrogens (tertiary/aromatic N) is 2. The first-order chi connectivity index (χ1) is 7.25. The number of hydrogen-bond acceptors (Lipinski definition) is 4. The maximum absolute atomic E-state index is 5.68. The molecule has 0 amide bonds. The van der Waals surface area contributed by atoms with Gasteiger partial charge in [-0.25, -0.2) is 4.98 Å². The highest BCUT2D eigenvalue weighted by molar-refractivity contribution is 5.54. The van der Waals surface area contributed by atoms with E-state index in [4.69, 9.17) is 5.73 Å². The van der Waals surface area contributed by atoms with Crippen LogP contribution in [0.15, 0.2) is 36.5 Å². The molecule has 1 aromatic carbocycles. The molecule has 0 radical (unpaired) electrons. The molecule has 1 heterocycles. The van der Waals surface area contributed by atoms with Crippen LogP contribution < -0.4 is 11.1 Å². The predicted molar refractivity (Wildman–Crippen MR) is 60.9 cm³/mol. The minimum Gasteiger partial charge on any atom is -0.383 e. The van der Waals surface area contributed by atoms with Crippen molar-refractivity contribution in [2.24, 2.45) is 0 Å². The van der Waals surface area contributed by atoms with Gasteiger partial charge >= 0.3 is 0 Å². The third kappa shape index (κ3) is 2.22. The Labute approximate surface area is 88.2 Å². The van der Waals surface area contributed by atoms with Gasteiger partial charge in [-0.2, -0.15) is 4.98 Å². The summed E-state index contributed by atoms with van der Waals surface area (Å²) >= 11 is 0. The molecule has 3 N–H and O–H groups in total. The molecule has 0 unspecified atom stereocenters. The fourth-order valence-electron chi connectivity index (χ4n) is 1.17.